The van der Waals surface area contributed by atoms with Crippen molar-refractivity contribution >= 4 is 28.6 Å². The van der Waals surface area contributed by atoms with Crippen molar-refractivity contribution in [1.82, 2.24) is 19.3 Å². The molecule has 4 heterocycles. The Balaban J connectivity index is 1.65. The highest BCUT2D eigenvalue weighted by Gasteiger charge is 2.42. The summed E-state index contributed by atoms with van der Waals surface area (Å²) in [4.78, 5) is 9.58. The van der Waals surface area contributed by atoms with Gasteiger partial charge in [-0.3, -0.25) is 4.68 Å². The lowest BCUT2D eigenvalue weighted by atomic mass is 10.2. The first-order valence-corrected chi connectivity index (χ1v) is 9.56. The second-order valence-electron chi connectivity index (χ2n) is 7.44. The van der Waals surface area contributed by atoms with Crippen LogP contribution in [0.3, 0.4) is 0 Å². The summed E-state index contributed by atoms with van der Waals surface area (Å²) in [6.07, 6.45) is -7.13. The Morgan fingerprint density at radius 2 is 2.00 bits per heavy atom. The molecule has 6 nitrogen and oxygen atoms in total. The highest BCUT2D eigenvalue weighted by Crippen LogP contribution is 2.42. The molecule has 0 saturated carbocycles. The molecule has 1 fully saturated rings. The van der Waals surface area contributed by atoms with Gasteiger partial charge in [-0.1, -0.05) is 17.7 Å². The van der Waals surface area contributed by atoms with E-state index in [-0.39, 0.29) is 18.8 Å². The maximum atomic E-state index is 13.9. The van der Waals surface area contributed by atoms with Gasteiger partial charge in [0.05, 0.1) is 18.8 Å². The number of benzene rings is 1. The first-order valence-electron chi connectivity index (χ1n) is 9.18. The Hall–Kier alpha value is -2.56. The van der Waals surface area contributed by atoms with E-state index in [0.29, 0.717) is 22.7 Å². The van der Waals surface area contributed by atoms with Crippen molar-refractivity contribution < 1.29 is 26.7 Å². The summed E-state index contributed by atoms with van der Waals surface area (Å²) in [7, 11) is 0. The van der Waals surface area contributed by atoms with Crippen LogP contribution in [0.1, 0.15) is 18.9 Å². The lowest BCUT2D eigenvalue weighted by Gasteiger charge is -2.27. The van der Waals surface area contributed by atoms with Gasteiger partial charge in [0.1, 0.15) is 0 Å². The van der Waals surface area contributed by atoms with Crippen LogP contribution < -0.4 is 9.64 Å². The van der Waals surface area contributed by atoms with Gasteiger partial charge in [0.25, 0.3) is 5.92 Å². The SMILES string of the molecule is C[C@@H](Oc1nc(N2CCC(F)(F)C2)c2c(n1)n1n2-c2cccc(Cl)c2C1)C(F)(F)F. The van der Waals surface area contributed by atoms with Gasteiger partial charge in [0.2, 0.25) is 0 Å². The average Bonchev–Trinajstić information content (AvgIpc) is 3.17. The summed E-state index contributed by atoms with van der Waals surface area (Å²) < 4.78 is 74.9. The smallest absolute Gasteiger partial charge is 0.425 e. The Kier molecular flexibility index (Phi) is 4.03. The zero-order chi connectivity index (χ0) is 21.4. The zero-order valence-corrected chi connectivity index (χ0v) is 16.3. The molecule has 0 amide bonds. The number of anilines is 1. The standard InChI is InChI=1S/C18H15ClF5N5O/c1-9(18(22,23)24)30-16-25-14(27-6-5-17(20,21)8-27)13-15(26-16)28-7-10-11(19)3-2-4-12(10)29(13)28/h2-4,9H,5-8H2,1H3/t9-/m1/s1. The van der Waals surface area contributed by atoms with Crippen molar-refractivity contribution in [1.29, 1.82) is 0 Å². The monoisotopic (exact) mass is 447 g/mol. The van der Waals surface area contributed by atoms with Crippen LogP contribution in [-0.2, 0) is 6.54 Å². The van der Waals surface area contributed by atoms with Crippen LogP contribution in [0, 0.1) is 0 Å². The van der Waals surface area contributed by atoms with Crippen LogP contribution in [0.15, 0.2) is 18.2 Å². The van der Waals surface area contributed by atoms with E-state index in [1.165, 1.54) is 4.90 Å². The topological polar surface area (TPSA) is 48.1 Å². The molecule has 1 aromatic carbocycles. The molecule has 0 N–H and O–H groups in total. The van der Waals surface area contributed by atoms with Crippen molar-refractivity contribution in [2.45, 2.75) is 38.1 Å². The number of fused-ring (bicyclic) bond motifs is 6. The molecular formula is C18H15ClF5N5O. The molecule has 1 saturated heterocycles. The van der Waals surface area contributed by atoms with Gasteiger partial charge in [-0.05, 0) is 19.1 Å². The molecule has 0 unspecified atom stereocenters. The highest BCUT2D eigenvalue weighted by atomic mass is 35.5. The lowest BCUT2D eigenvalue weighted by Crippen LogP contribution is -2.33. The number of ether oxygens (including phenoxy) is 1. The number of nitrogens with zero attached hydrogens (tertiary/aromatic N) is 5. The molecule has 0 radical (unpaired) electrons. The quantitative estimate of drug-likeness (QED) is 0.436. The van der Waals surface area contributed by atoms with Crippen LogP contribution in [0.4, 0.5) is 27.8 Å². The number of hydrogen-bond donors (Lipinski definition) is 0. The predicted octanol–water partition coefficient (Wildman–Crippen LogP) is 4.41. The molecule has 1 atom stereocenters. The Morgan fingerprint density at radius 1 is 1.23 bits per heavy atom. The van der Waals surface area contributed by atoms with Crippen LogP contribution in [0.5, 0.6) is 6.01 Å². The van der Waals surface area contributed by atoms with E-state index in [2.05, 4.69) is 9.97 Å². The molecule has 160 valence electrons. The Labute approximate surface area is 171 Å². The van der Waals surface area contributed by atoms with Gasteiger partial charge < -0.3 is 9.64 Å². The first kappa shape index (κ1) is 19.4. The van der Waals surface area contributed by atoms with E-state index in [9.17, 15) is 22.0 Å². The van der Waals surface area contributed by atoms with Gasteiger partial charge in [-0.15, -0.1) is 0 Å². The molecule has 3 aromatic rings. The Bertz CT molecular complexity index is 1150. The molecule has 2 aromatic heterocycles. The predicted molar refractivity (Wildman–Crippen MR) is 98.9 cm³/mol. The number of aromatic nitrogens is 4. The van der Waals surface area contributed by atoms with E-state index in [4.69, 9.17) is 16.3 Å². The van der Waals surface area contributed by atoms with Crippen LogP contribution in [-0.4, -0.2) is 50.6 Å². The average molecular weight is 448 g/mol. The first-order chi connectivity index (χ1) is 14.0. The molecule has 30 heavy (non-hydrogen) atoms. The molecule has 0 spiro atoms. The van der Waals surface area contributed by atoms with Crippen LogP contribution >= 0.6 is 11.6 Å². The maximum Gasteiger partial charge on any atom is 0.425 e. The number of halogens is 6. The van der Waals surface area contributed by atoms with Gasteiger partial charge >= 0.3 is 12.2 Å². The zero-order valence-electron chi connectivity index (χ0n) is 15.5. The number of rotatable bonds is 3. The second-order valence-corrected chi connectivity index (χ2v) is 7.85. The molecule has 2 aliphatic rings. The highest BCUT2D eigenvalue weighted by molar-refractivity contribution is 6.31. The minimum absolute atomic E-state index is 0.0148. The second kappa shape index (κ2) is 6.22. The van der Waals surface area contributed by atoms with Gasteiger partial charge in [-0.25, -0.2) is 13.5 Å². The fourth-order valence-electron chi connectivity index (χ4n) is 3.82. The van der Waals surface area contributed by atoms with E-state index < -0.39 is 30.8 Å². The summed E-state index contributed by atoms with van der Waals surface area (Å²) in [6.45, 7) is 0.620. The van der Waals surface area contributed by atoms with E-state index in [1.54, 1.807) is 21.5 Å². The molecule has 2 aliphatic heterocycles. The van der Waals surface area contributed by atoms with Crippen molar-refractivity contribution in [3.63, 3.8) is 0 Å². The van der Waals surface area contributed by atoms with Crippen molar-refractivity contribution in [2.24, 2.45) is 0 Å². The molecule has 5 rings (SSSR count). The summed E-state index contributed by atoms with van der Waals surface area (Å²) in [5.41, 5.74) is 2.32. The van der Waals surface area contributed by atoms with Crippen LogP contribution in [0.2, 0.25) is 5.02 Å². The van der Waals surface area contributed by atoms with Crippen molar-refractivity contribution in [2.75, 3.05) is 18.0 Å². The third-order valence-electron chi connectivity index (χ3n) is 5.37. The molecule has 0 bridgehead atoms. The van der Waals surface area contributed by atoms with E-state index in [1.807, 2.05) is 6.07 Å². The third kappa shape index (κ3) is 2.90. The summed E-state index contributed by atoms with van der Waals surface area (Å²) in [5.74, 6) is -2.79. The summed E-state index contributed by atoms with van der Waals surface area (Å²) >= 11 is 6.28. The molecular weight excluding hydrogens is 433 g/mol. The minimum atomic E-state index is -4.61. The number of hydrogen-bond acceptors (Lipinski definition) is 4. The molecule has 0 aliphatic carbocycles. The minimum Gasteiger partial charge on any atom is -0.451 e. The number of alkyl halides is 5. The van der Waals surface area contributed by atoms with E-state index >= 15 is 0 Å². The van der Waals surface area contributed by atoms with Gasteiger partial charge in [0.15, 0.2) is 23.1 Å². The van der Waals surface area contributed by atoms with Gasteiger partial charge in [-0.2, -0.15) is 23.1 Å². The fourth-order valence-corrected chi connectivity index (χ4v) is 4.04. The Morgan fingerprint density at radius 3 is 2.67 bits per heavy atom. The summed E-state index contributed by atoms with van der Waals surface area (Å²) in [6, 6.07) is 4.80. The summed E-state index contributed by atoms with van der Waals surface area (Å²) in [5, 5.41) is 0.525. The fraction of sp³-hybridized carbons (Fsp3) is 0.444. The van der Waals surface area contributed by atoms with Gasteiger partial charge in [0, 0.05) is 23.6 Å². The third-order valence-corrected chi connectivity index (χ3v) is 5.72. The normalized spacial score (nSPS) is 18.7. The van der Waals surface area contributed by atoms with Crippen molar-refractivity contribution in [3.05, 3.63) is 28.8 Å². The lowest BCUT2D eigenvalue weighted by molar-refractivity contribution is -0.190. The van der Waals surface area contributed by atoms with Crippen LogP contribution in [0.25, 0.3) is 16.9 Å². The van der Waals surface area contributed by atoms with Crippen molar-refractivity contribution in [3.8, 4) is 11.7 Å². The largest absolute Gasteiger partial charge is 0.451 e. The molecule has 12 heteroatoms. The maximum absolute atomic E-state index is 13.9. The van der Waals surface area contributed by atoms with E-state index in [0.717, 1.165) is 18.2 Å².